The van der Waals surface area contributed by atoms with E-state index in [0.717, 1.165) is 0 Å². The van der Waals surface area contributed by atoms with Crippen LogP contribution in [0.25, 0.3) is 0 Å². The Morgan fingerprint density at radius 3 is 2.24 bits per heavy atom. The van der Waals surface area contributed by atoms with Crippen molar-refractivity contribution in [1.29, 1.82) is 0 Å². The first-order valence-electron chi connectivity index (χ1n) is 6.65. The summed E-state index contributed by atoms with van der Waals surface area (Å²) in [5, 5.41) is 2.78. The van der Waals surface area contributed by atoms with Crippen molar-refractivity contribution in [1.82, 2.24) is 5.32 Å². The molecule has 1 aromatic rings. The molecule has 0 atom stereocenters. The molecule has 1 aromatic carbocycles. The Morgan fingerprint density at radius 1 is 1.24 bits per heavy atom. The molecule has 1 rings (SSSR count). The molecule has 1 N–H and O–H groups in total. The van der Waals surface area contributed by atoms with Gasteiger partial charge in [-0.1, -0.05) is 0 Å². The van der Waals surface area contributed by atoms with E-state index in [9.17, 15) is 9.59 Å². The number of methoxy groups -OCH3 is 2. The van der Waals surface area contributed by atoms with Crippen LogP contribution in [-0.2, 0) is 4.79 Å². The molecule has 116 valence electrons. The molecule has 0 heterocycles. The van der Waals surface area contributed by atoms with Gasteiger partial charge in [0.15, 0.2) is 11.5 Å². The molecule has 0 saturated carbocycles. The summed E-state index contributed by atoms with van der Waals surface area (Å²) in [5.41, 5.74) is 0.425. The number of benzene rings is 1. The molecule has 0 spiro atoms. The van der Waals surface area contributed by atoms with Gasteiger partial charge in [-0.2, -0.15) is 0 Å². The van der Waals surface area contributed by atoms with Gasteiger partial charge < -0.3 is 19.5 Å². The van der Waals surface area contributed by atoms with Gasteiger partial charge in [-0.25, -0.2) is 0 Å². The molecule has 21 heavy (non-hydrogen) atoms. The minimum Gasteiger partial charge on any atom is -0.493 e. The summed E-state index contributed by atoms with van der Waals surface area (Å²) >= 11 is 0. The zero-order valence-corrected chi connectivity index (χ0v) is 12.8. The molecule has 0 bridgehead atoms. The quantitative estimate of drug-likeness (QED) is 0.740. The van der Waals surface area contributed by atoms with Crippen LogP contribution < -0.4 is 19.5 Å². The highest BCUT2D eigenvalue weighted by molar-refractivity contribution is 5.78. The molecule has 0 aromatic heterocycles. The maximum absolute atomic E-state index is 11.6. The van der Waals surface area contributed by atoms with E-state index in [0.29, 0.717) is 29.1 Å². The van der Waals surface area contributed by atoms with Gasteiger partial charge in [0.05, 0.1) is 27.2 Å². The molecule has 0 radical (unpaired) electrons. The summed E-state index contributed by atoms with van der Waals surface area (Å²) in [6.45, 7) is 3.97. The first-order valence-corrected chi connectivity index (χ1v) is 6.65. The van der Waals surface area contributed by atoms with Crippen molar-refractivity contribution in [3.63, 3.8) is 0 Å². The molecule has 6 nitrogen and oxygen atoms in total. The van der Waals surface area contributed by atoms with Gasteiger partial charge in [0.25, 0.3) is 0 Å². The molecule has 0 fully saturated rings. The Morgan fingerprint density at radius 2 is 1.81 bits per heavy atom. The summed E-state index contributed by atoms with van der Waals surface area (Å²) in [7, 11) is 2.95. The van der Waals surface area contributed by atoms with Crippen LogP contribution >= 0.6 is 0 Å². The fourth-order valence-corrected chi connectivity index (χ4v) is 1.75. The average Bonchev–Trinajstić information content (AvgIpc) is 2.46. The Balaban J connectivity index is 2.77. The van der Waals surface area contributed by atoms with E-state index in [1.54, 1.807) is 12.1 Å². The van der Waals surface area contributed by atoms with Gasteiger partial charge in [-0.3, -0.25) is 9.59 Å². The van der Waals surface area contributed by atoms with Crippen molar-refractivity contribution < 1.29 is 23.8 Å². The Bertz CT molecular complexity index is 474. The average molecular weight is 295 g/mol. The van der Waals surface area contributed by atoms with Crippen LogP contribution in [0.5, 0.6) is 17.2 Å². The lowest BCUT2D eigenvalue weighted by Gasteiger charge is -2.15. The molecule has 0 aliphatic carbocycles. The van der Waals surface area contributed by atoms with E-state index in [2.05, 4.69) is 5.32 Å². The van der Waals surface area contributed by atoms with Crippen LogP contribution in [0, 0.1) is 0 Å². The van der Waals surface area contributed by atoms with Crippen molar-refractivity contribution in [2.75, 3.05) is 20.8 Å². The van der Waals surface area contributed by atoms with Gasteiger partial charge in [0.2, 0.25) is 11.7 Å². The van der Waals surface area contributed by atoms with Crippen molar-refractivity contribution in [3.05, 3.63) is 17.7 Å². The van der Waals surface area contributed by atoms with Gasteiger partial charge in [-0.05, 0) is 26.0 Å². The minimum absolute atomic E-state index is 0.0903. The lowest BCUT2D eigenvalue weighted by Crippen LogP contribution is -2.31. The lowest BCUT2D eigenvalue weighted by atomic mass is 10.2. The number of ether oxygens (including phenoxy) is 3. The first kappa shape index (κ1) is 16.8. The highest BCUT2D eigenvalue weighted by atomic mass is 16.5. The summed E-state index contributed by atoms with van der Waals surface area (Å²) in [5.74, 6) is 1.07. The third kappa shape index (κ3) is 4.98. The normalized spacial score (nSPS) is 10.1. The van der Waals surface area contributed by atoms with Gasteiger partial charge in [0, 0.05) is 11.6 Å². The van der Waals surface area contributed by atoms with Gasteiger partial charge in [0.1, 0.15) is 6.29 Å². The van der Waals surface area contributed by atoms with Crippen LogP contribution in [0.2, 0.25) is 0 Å². The second kappa shape index (κ2) is 8.14. The fraction of sp³-hybridized carbons (Fsp3) is 0.467. The second-order valence-corrected chi connectivity index (χ2v) is 4.69. The zero-order chi connectivity index (χ0) is 15.8. The molecule has 0 saturated heterocycles. The number of hydrogen-bond donors (Lipinski definition) is 1. The lowest BCUT2D eigenvalue weighted by molar-refractivity contribution is -0.122. The number of nitrogens with one attached hydrogen (secondary N) is 1. The van der Waals surface area contributed by atoms with E-state index in [4.69, 9.17) is 14.2 Å². The third-order valence-corrected chi connectivity index (χ3v) is 2.64. The van der Waals surface area contributed by atoms with Crippen LogP contribution in [0.15, 0.2) is 12.1 Å². The number of amides is 1. The molecule has 6 heteroatoms. The predicted octanol–water partition coefficient (Wildman–Crippen LogP) is 1.81. The highest BCUT2D eigenvalue weighted by Crippen LogP contribution is 2.38. The maximum Gasteiger partial charge on any atom is 0.223 e. The Kier molecular flexibility index (Phi) is 6.52. The SMILES string of the molecule is COc1cc(C=O)cc(OC)c1OCCC(=O)NC(C)C. The van der Waals surface area contributed by atoms with E-state index < -0.39 is 0 Å². The van der Waals surface area contributed by atoms with E-state index in [1.165, 1.54) is 14.2 Å². The molecule has 1 amide bonds. The Hall–Kier alpha value is -2.24. The molecule has 0 aliphatic rings. The van der Waals surface area contributed by atoms with Crippen LogP contribution in [0.1, 0.15) is 30.6 Å². The summed E-state index contributed by atoms with van der Waals surface area (Å²) in [4.78, 5) is 22.4. The topological polar surface area (TPSA) is 73.9 Å². The van der Waals surface area contributed by atoms with Crippen molar-refractivity contribution in [2.24, 2.45) is 0 Å². The molecule has 0 unspecified atom stereocenters. The molecular formula is C15H21NO5. The largest absolute Gasteiger partial charge is 0.493 e. The smallest absolute Gasteiger partial charge is 0.223 e. The second-order valence-electron chi connectivity index (χ2n) is 4.69. The van der Waals surface area contributed by atoms with Crippen LogP contribution in [0.3, 0.4) is 0 Å². The summed E-state index contributed by atoms with van der Waals surface area (Å²) < 4.78 is 16.0. The third-order valence-electron chi connectivity index (χ3n) is 2.64. The standard InChI is InChI=1S/C15H21NO5/c1-10(2)16-14(18)5-6-21-15-12(19-3)7-11(9-17)8-13(15)20-4/h7-10H,5-6H2,1-4H3,(H,16,18). The van der Waals surface area contributed by atoms with Crippen molar-refractivity contribution in [3.8, 4) is 17.2 Å². The highest BCUT2D eigenvalue weighted by Gasteiger charge is 2.14. The zero-order valence-electron chi connectivity index (χ0n) is 12.8. The molecule has 0 aliphatic heterocycles. The monoisotopic (exact) mass is 295 g/mol. The fourth-order valence-electron chi connectivity index (χ4n) is 1.75. The summed E-state index contributed by atoms with van der Waals surface area (Å²) in [6.07, 6.45) is 0.921. The number of rotatable bonds is 8. The van der Waals surface area contributed by atoms with Crippen molar-refractivity contribution >= 4 is 12.2 Å². The number of aldehydes is 1. The maximum atomic E-state index is 11.6. The Labute approximate surface area is 124 Å². The van der Waals surface area contributed by atoms with E-state index >= 15 is 0 Å². The van der Waals surface area contributed by atoms with E-state index in [1.807, 2.05) is 13.8 Å². The number of carbonyl (C=O) groups is 2. The predicted molar refractivity (Wildman–Crippen MR) is 78.3 cm³/mol. The van der Waals surface area contributed by atoms with Gasteiger partial charge >= 0.3 is 0 Å². The van der Waals surface area contributed by atoms with Crippen molar-refractivity contribution in [2.45, 2.75) is 26.3 Å². The summed E-state index contributed by atoms with van der Waals surface area (Å²) in [6, 6.07) is 3.20. The minimum atomic E-state index is -0.0903. The molecular weight excluding hydrogens is 274 g/mol. The van der Waals surface area contributed by atoms with Crippen LogP contribution in [0.4, 0.5) is 0 Å². The van der Waals surface area contributed by atoms with Crippen LogP contribution in [-0.4, -0.2) is 39.1 Å². The van der Waals surface area contributed by atoms with E-state index in [-0.39, 0.29) is 25.0 Å². The first-order chi connectivity index (χ1) is 10.0. The number of carbonyl (C=O) groups excluding carboxylic acids is 2. The van der Waals surface area contributed by atoms with Gasteiger partial charge in [-0.15, -0.1) is 0 Å². The number of hydrogen-bond acceptors (Lipinski definition) is 5.